The van der Waals surface area contributed by atoms with E-state index < -0.39 is 0 Å². The Morgan fingerprint density at radius 1 is 1.31 bits per heavy atom. The number of likely N-dealkylation sites (tertiary alicyclic amines) is 1. The summed E-state index contributed by atoms with van der Waals surface area (Å²) in [6, 6.07) is 8.01. The van der Waals surface area contributed by atoms with Crippen molar-refractivity contribution < 1.29 is 4.39 Å². The number of hydrogen-bond donors (Lipinski definition) is 2. The van der Waals surface area contributed by atoms with Gasteiger partial charge in [0.05, 0.1) is 11.4 Å². The number of benzene rings is 1. The number of aryl methyl sites for hydroxylation is 1. The molecule has 2 heterocycles. The number of halogens is 2. The molecule has 3 rings (SSSR count). The number of nitrogens with one attached hydrogen (secondary N) is 1. The molecule has 0 saturated carbocycles. The Bertz CT molecular complexity index is 864. The number of aromatic nitrogens is 2. The van der Waals surface area contributed by atoms with E-state index in [1.54, 1.807) is 12.1 Å². The smallest absolute Gasteiger partial charge is 0.193 e. The first-order chi connectivity index (χ1) is 13.6. The minimum atomic E-state index is -0.331. The molecule has 0 spiro atoms. The first-order valence-electron chi connectivity index (χ1n) is 9.70. The van der Waals surface area contributed by atoms with E-state index in [2.05, 4.69) is 28.3 Å². The van der Waals surface area contributed by atoms with E-state index in [0.717, 1.165) is 32.0 Å². The van der Waals surface area contributed by atoms with Crippen molar-refractivity contribution in [2.75, 3.05) is 31.9 Å². The third-order valence-electron chi connectivity index (χ3n) is 4.75. The lowest BCUT2D eigenvalue weighted by Crippen LogP contribution is -2.39. The molecule has 0 aliphatic carbocycles. The Labute approximate surface area is 187 Å². The van der Waals surface area contributed by atoms with Crippen LogP contribution in [-0.4, -0.2) is 46.8 Å². The standard InChI is InChI=1S/C20H26FN7.HI/c1-2-24-20(27-12-3-4-13-27)25-11-5-6-18-17(14-22)19(23)28(26-18)16-9-7-15(21)8-10-16;/h7-10H,2-6,11-13,23H2,1H3,(H,24,25);1H. The number of hydrogen-bond acceptors (Lipinski definition) is 4. The molecule has 1 aromatic heterocycles. The van der Waals surface area contributed by atoms with Crippen molar-refractivity contribution in [2.45, 2.75) is 32.6 Å². The maximum Gasteiger partial charge on any atom is 0.193 e. The Kier molecular flexibility index (Phi) is 8.70. The van der Waals surface area contributed by atoms with Gasteiger partial charge >= 0.3 is 0 Å². The quantitative estimate of drug-likeness (QED) is 0.269. The number of nitrogens with zero attached hydrogens (tertiary/aromatic N) is 5. The van der Waals surface area contributed by atoms with Crippen molar-refractivity contribution in [1.29, 1.82) is 5.26 Å². The molecule has 0 radical (unpaired) electrons. The van der Waals surface area contributed by atoms with E-state index in [-0.39, 0.29) is 35.6 Å². The number of nitrogen functional groups attached to an aromatic ring is 1. The molecule has 0 atom stereocenters. The molecule has 0 bridgehead atoms. The maximum absolute atomic E-state index is 13.2. The fourth-order valence-electron chi connectivity index (χ4n) is 3.34. The number of nitriles is 1. The SMILES string of the molecule is CCNC(=NCCCc1nn(-c2ccc(F)cc2)c(N)c1C#N)N1CCCC1.I. The lowest BCUT2D eigenvalue weighted by atomic mass is 10.1. The normalized spacial score (nSPS) is 13.8. The lowest BCUT2D eigenvalue weighted by molar-refractivity contribution is 0.493. The molecular weight excluding hydrogens is 484 g/mol. The highest BCUT2D eigenvalue weighted by molar-refractivity contribution is 14.0. The van der Waals surface area contributed by atoms with Gasteiger partial charge in [0.25, 0.3) is 0 Å². The van der Waals surface area contributed by atoms with Gasteiger partial charge in [-0.05, 0) is 56.9 Å². The predicted octanol–water partition coefficient (Wildman–Crippen LogP) is 3.08. The Hall–Kier alpha value is -2.35. The molecule has 0 amide bonds. The molecule has 1 fully saturated rings. The van der Waals surface area contributed by atoms with E-state index in [9.17, 15) is 9.65 Å². The molecule has 2 aromatic rings. The minimum absolute atomic E-state index is 0. The van der Waals surface area contributed by atoms with Gasteiger partial charge < -0.3 is 16.0 Å². The van der Waals surface area contributed by atoms with Gasteiger partial charge in [-0.25, -0.2) is 9.07 Å². The van der Waals surface area contributed by atoms with Crippen molar-refractivity contribution in [3.05, 3.63) is 41.3 Å². The summed E-state index contributed by atoms with van der Waals surface area (Å²) in [5, 5.41) is 17.3. The highest BCUT2D eigenvalue weighted by Crippen LogP contribution is 2.21. The summed E-state index contributed by atoms with van der Waals surface area (Å²) >= 11 is 0. The fraction of sp³-hybridized carbons (Fsp3) is 0.450. The summed E-state index contributed by atoms with van der Waals surface area (Å²) in [4.78, 5) is 6.99. The molecule has 29 heavy (non-hydrogen) atoms. The number of nitrogens with two attached hydrogens (primary N) is 1. The third kappa shape index (κ3) is 5.59. The van der Waals surface area contributed by atoms with E-state index in [4.69, 9.17) is 10.7 Å². The molecule has 3 N–H and O–H groups in total. The average Bonchev–Trinajstić information content (AvgIpc) is 3.33. The summed E-state index contributed by atoms with van der Waals surface area (Å²) in [5.41, 5.74) is 7.75. The van der Waals surface area contributed by atoms with E-state index in [0.29, 0.717) is 29.9 Å². The van der Waals surface area contributed by atoms with Gasteiger partial charge in [0.2, 0.25) is 0 Å². The van der Waals surface area contributed by atoms with Crippen LogP contribution >= 0.6 is 24.0 Å². The topological polar surface area (TPSA) is 95.3 Å². The highest BCUT2D eigenvalue weighted by atomic mass is 127. The summed E-state index contributed by atoms with van der Waals surface area (Å²) in [6.45, 7) is 5.64. The Morgan fingerprint density at radius 2 is 2.00 bits per heavy atom. The highest BCUT2D eigenvalue weighted by Gasteiger charge is 2.17. The molecule has 156 valence electrons. The largest absolute Gasteiger partial charge is 0.382 e. The molecule has 1 saturated heterocycles. The predicted molar refractivity (Wildman–Crippen MR) is 123 cm³/mol. The zero-order valence-corrected chi connectivity index (χ0v) is 18.9. The van der Waals surface area contributed by atoms with Gasteiger partial charge in [-0.1, -0.05) is 0 Å². The third-order valence-corrected chi connectivity index (χ3v) is 4.75. The lowest BCUT2D eigenvalue weighted by Gasteiger charge is -2.20. The molecule has 1 aromatic carbocycles. The first-order valence-corrected chi connectivity index (χ1v) is 9.70. The molecule has 9 heteroatoms. The zero-order chi connectivity index (χ0) is 19.9. The van der Waals surface area contributed by atoms with Crippen LogP contribution in [0.3, 0.4) is 0 Å². The van der Waals surface area contributed by atoms with Crippen molar-refractivity contribution in [3.63, 3.8) is 0 Å². The van der Waals surface area contributed by atoms with Gasteiger partial charge in [0, 0.05) is 26.2 Å². The molecule has 0 unspecified atom stereocenters. The van der Waals surface area contributed by atoms with Gasteiger partial charge in [-0.2, -0.15) is 10.4 Å². The number of aliphatic imine (C=N–C) groups is 1. The van der Waals surface area contributed by atoms with Crippen LogP contribution in [0, 0.1) is 17.1 Å². The van der Waals surface area contributed by atoms with Crippen LogP contribution in [-0.2, 0) is 6.42 Å². The number of rotatable bonds is 6. The second kappa shape index (κ2) is 11.0. The van der Waals surface area contributed by atoms with Crippen LogP contribution < -0.4 is 11.1 Å². The summed E-state index contributed by atoms with van der Waals surface area (Å²) < 4.78 is 14.6. The van der Waals surface area contributed by atoms with Crippen LogP contribution in [0.4, 0.5) is 10.2 Å². The van der Waals surface area contributed by atoms with Gasteiger partial charge in [0.15, 0.2) is 5.96 Å². The number of anilines is 1. The Morgan fingerprint density at radius 3 is 2.62 bits per heavy atom. The van der Waals surface area contributed by atoms with Crippen LogP contribution in [0.15, 0.2) is 29.3 Å². The molecule has 1 aliphatic rings. The van der Waals surface area contributed by atoms with Crippen molar-refractivity contribution >= 4 is 35.8 Å². The Balaban J connectivity index is 0.00000300. The van der Waals surface area contributed by atoms with Gasteiger partial charge in [0.1, 0.15) is 23.3 Å². The number of guanidine groups is 1. The minimum Gasteiger partial charge on any atom is -0.382 e. The first kappa shape index (κ1) is 22.9. The summed E-state index contributed by atoms with van der Waals surface area (Å²) in [5.74, 6) is 0.900. The molecule has 7 nitrogen and oxygen atoms in total. The average molecular weight is 511 g/mol. The van der Waals surface area contributed by atoms with Crippen LogP contribution in [0.25, 0.3) is 5.69 Å². The zero-order valence-electron chi connectivity index (χ0n) is 16.6. The molecule has 1 aliphatic heterocycles. The summed E-state index contributed by atoms with van der Waals surface area (Å²) in [7, 11) is 0. The van der Waals surface area contributed by atoms with E-state index in [1.807, 2.05) is 0 Å². The monoisotopic (exact) mass is 511 g/mol. The van der Waals surface area contributed by atoms with E-state index in [1.165, 1.54) is 29.7 Å². The van der Waals surface area contributed by atoms with Crippen molar-refractivity contribution in [3.8, 4) is 11.8 Å². The van der Waals surface area contributed by atoms with Gasteiger partial charge in [-0.15, -0.1) is 24.0 Å². The maximum atomic E-state index is 13.2. The van der Waals surface area contributed by atoms with Crippen LogP contribution in [0.5, 0.6) is 0 Å². The second-order valence-corrected chi connectivity index (χ2v) is 6.74. The van der Waals surface area contributed by atoms with Crippen LogP contribution in [0.1, 0.15) is 37.4 Å². The second-order valence-electron chi connectivity index (χ2n) is 6.74. The van der Waals surface area contributed by atoms with Crippen molar-refractivity contribution in [2.24, 2.45) is 4.99 Å². The van der Waals surface area contributed by atoms with Crippen LogP contribution in [0.2, 0.25) is 0 Å². The summed E-state index contributed by atoms with van der Waals surface area (Å²) in [6.07, 6.45) is 3.77. The van der Waals surface area contributed by atoms with E-state index >= 15 is 0 Å². The fourth-order valence-corrected chi connectivity index (χ4v) is 3.34. The molecular formula is C20H27FIN7. The van der Waals surface area contributed by atoms with Crippen molar-refractivity contribution in [1.82, 2.24) is 20.0 Å². The van der Waals surface area contributed by atoms with Gasteiger partial charge in [-0.3, -0.25) is 4.99 Å².